The number of aryl methyl sites for hydroxylation is 2. The first-order valence-electron chi connectivity index (χ1n) is 15.5. The Kier molecular flexibility index (Phi) is 6.96. The summed E-state index contributed by atoms with van der Waals surface area (Å²) in [6, 6.07) is 13.7. The molecule has 3 amide bonds. The van der Waals surface area contributed by atoms with Crippen LogP contribution in [0.4, 0.5) is 0 Å². The highest BCUT2D eigenvalue weighted by Crippen LogP contribution is 2.50. The van der Waals surface area contributed by atoms with Crippen LogP contribution in [-0.4, -0.2) is 105 Å². The van der Waals surface area contributed by atoms with Gasteiger partial charge in [-0.3, -0.25) is 14.4 Å². The number of rotatable bonds is 5. The molecular formula is C33H37N9O3. The molecule has 0 unspecified atom stereocenters. The van der Waals surface area contributed by atoms with E-state index in [4.69, 9.17) is 0 Å². The third-order valence-electron chi connectivity index (χ3n) is 10.0. The highest BCUT2D eigenvalue weighted by atomic mass is 16.2. The van der Waals surface area contributed by atoms with Crippen LogP contribution in [0.1, 0.15) is 68.1 Å². The Labute approximate surface area is 262 Å². The van der Waals surface area contributed by atoms with Gasteiger partial charge in [0, 0.05) is 51.4 Å². The largest absolute Gasteiger partial charge is 0.345 e. The number of nitrogens with one attached hydrogen (secondary N) is 1. The quantitative estimate of drug-likeness (QED) is 0.459. The van der Waals surface area contributed by atoms with Crippen molar-refractivity contribution in [3.8, 4) is 6.07 Å². The van der Waals surface area contributed by atoms with E-state index in [9.17, 15) is 19.6 Å². The summed E-state index contributed by atoms with van der Waals surface area (Å²) < 4.78 is 1.81. The van der Waals surface area contributed by atoms with E-state index >= 15 is 0 Å². The predicted octanol–water partition coefficient (Wildman–Crippen LogP) is 1.38. The van der Waals surface area contributed by atoms with Gasteiger partial charge in [-0.25, -0.2) is 4.68 Å². The van der Waals surface area contributed by atoms with Gasteiger partial charge in [-0.2, -0.15) is 5.26 Å². The van der Waals surface area contributed by atoms with E-state index in [2.05, 4.69) is 26.9 Å². The zero-order chi connectivity index (χ0) is 31.6. The van der Waals surface area contributed by atoms with Gasteiger partial charge in [0.25, 0.3) is 11.8 Å². The average molecular weight is 608 g/mol. The number of piperidine rings is 1. The molecule has 1 aromatic heterocycles. The fourth-order valence-electron chi connectivity index (χ4n) is 7.85. The van der Waals surface area contributed by atoms with Gasteiger partial charge >= 0.3 is 0 Å². The molecule has 1 saturated carbocycles. The Morgan fingerprint density at radius 3 is 2.18 bits per heavy atom. The lowest BCUT2D eigenvalue weighted by molar-refractivity contribution is -0.131. The predicted molar refractivity (Wildman–Crippen MR) is 163 cm³/mol. The second-order valence-corrected chi connectivity index (χ2v) is 13.3. The van der Waals surface area contributed by atoms with Crippen LogP contribution in [0.15, 0.2) is 36.4 Å². The fourth-order valence-corrected chi connectivity index (χ4v) is 7.85. The Morgan fingerprint density at radius 1 is 0.978 bits per heavy atom. The normalized spacial score (nSPS) is 23.6. The Morgan fingerprint density at radius 2 is 1.60 bits per heavy atom. The fraction of sp³-hybridized carbons (Fsp3) is 0.485. The molecule has 2 aliphatic carbocycles. The standard InChI is InChI=1S/C33H37N9O3/c1-39(2)30(44)21-7-9-26-19(11-21)5-6-20-12-22(31(45)40(3)4)8-10-27(20)33(26)15-24(18-41-32(33)36-37-38-41)35-17-29(43)42-25(16-34)13-23-14-28(23)42/h7-12,23-25,28,35H,5-6,13-15,17-18H2,1-4H3/t23-,24+,25+,28+/m1/s1. The van der Waals surface area contributed by atoms with Crippen LogP contribution in [-0.2, 0) is 29.6 Å². The number of fused-ring (bicyclic) bond motifs is 7. The van der Waals surface area contributed by atoms with Crippen LogP contribution in [0.25, 0.3) is 0 Å². The number of tetrazole rings is 1. The number of amides is 3. The van der Waals surface area contributed by atoms with Crippen molar-refractivity contribution in [2.45, 2.75) is 62.2 Å². The van der Waals surface area contributed by atoms with Crippen molar-refractivity contribution >= 4 is 17.7 Å². The molecule has 45 heavy (non-hydrogen) atoms. The number of benzene rings is 2. The van der Waals surface area contributed by atoms with Gasteiger partial charge in [0.15, 0.2) is 5.82 Å². The maximum Gasteiger partial charge on any atom is 0.253 e. The van der Waals surface area contributed by atoms with Gasteiger partial charge in [-0.15, -0.1) is 5.10 Å². The van der Waals surface area contributed by atoms with Crippen LogP contribution in [0.5, 0.6) is 0 Å². The molecule has 3 heterocycles. The van der Waals surface area contributed by atoms with Crippen molar-refractivity contribution in [1.29, 1.82) is 5.26 Å². The molecule has 2 aliphatic heterocycles. The Bertz CT molecular complexity index is 1680. The number of carbonyl (C=O) groups excluding carboxylic acids is 3. The van der Waals surface area contributed by atoms with Gasteiger partial charge < -0.3 is 20.0 Å². The van der Waals surface area contributed by atoms with Crippen molar-refractivity contribution in [2.24, 2.45) is 5.92 Å². The molecule has 0 radical (unpaired) electrons. The Balaban J connectivity index is 1.31. The molecule has 2 aromatic carbocycles. The number of aromatic nitrogens is 4. The van der Waals surface area contributed by atoms with Crippen LogP contribution in [0.2, 0.25) is 0 Å². The molecule has 1 spiro atoms. The van der Waals surface area contributed by atoms with Gasteiger partial charge in [-0.1, -0.05) is 12.1 Å². The molecule has 1 saturated heterocycles. The lowest BCUT2D eigenvalue weighted by Crippen LogP contribution is -2.51. The third-order valence-corrected chi connectivity index (χ3v) is 10.0. The average Bonchev–Trinajstić information content (AvgIpc) is 3.48. The van der Waals surface area contributed by atoms with Crippen LogP contribution in [0.3, 0.4) is 0 Å². The van der Waals surface area contributed by atoms with Gasteiger partial charge in [0.05, 0.1) is 24.6 Å². The highest BCUT2D eigenvalue weighted by molar-refractivity contribution is 5.95. The van der Waals surface area contributed by atoms with Crippen molar-refractivity contribution < 1.29 is 14.4 Å². The molecule has 232 valence electrons. The molecule has 0 bridgehead atoms. The van der Waals surface area contributed by atoms with E-state index in [1.54, 1.807) is 42.9 Å². The zero-order valence-corrected chi connectivity index (χ0v) is 26.0. The molecule has 3 aromatic rings. The minimum Gasteiger partial charge on any atom is -0.345 e. The van der Waals surface area contributed by atoms with Gasteiger partial charge in [0.1, 0.15) is 6.04 Å². The summed E-state index contributed by atoms with van der Waals surface area (Å²) in [6.45, 7) is 0.593. The van der Waals surface area contributed by atoms with E-state index in [1.165, 1.54) is 0 Å². The lowest BCUT2D eigenvalue weighted by Gasteiger charge is -2.42. The number of nitriles is 1. The summed E-state index contributed by atoms with van der Waals surface area (Å²) in [7, 11) is 6.97. The summed E-state index contributed by atoms with van der Waals surface area (Å²) in [5.41, 5.74) is 4.50. The molecule has 4 aliphatic rings. The first-order chi connectivity index (χ1) is 21.6. The van der Waals surface area contributed by atoms with E-state index in [0.717, 1.165) is 35.1 Å². The lowest BCUT2D eigenvalue weighted by atomic mass is 9.66. The van der Waals surface area contributed by atoms with Gasteiger partial charge in [0.2, 0.25) is 5.91 Å². The minimum atomic E-state index is -0.798. The van der Waals surface area contributed by atoms with Crippen LogP contribution in [0, 0.1) is 17.2 Å². The van der Waals surface area contributed by atoms with Crippen molar-refractivity contribution in [1.82, 2.24) is 40.2 Å². The van der Waals surface area contributed by atoms with E-state index in [-0.39, 0.29) is 42.4 Å². The third kappa shape index (κ3) is 4.68. The number of hydrogen-bond acceptors (Lipinski definition) is 8. The number of hydrogen-bond donors (Lipinski definition) is 1. The van der Waals surface area contributed by atoms with Crippen LogP contribution < -0.4 is 5.32 Å². The summed E-state index contributed by atoms with van der Waals surface area (Å²) in [4.78, 5) is 44.3. The van der Waals surface area contributed by atoms with Crippen molar-refractivity contribution in [3.63, 3.8) is 0 Å². The van der Waals surface area contributed by atoms with E-state index in [0.29, 0.717) is 48.7 Å². The smallest absolute Gasteiger partial charge is 0.253 e. The summed E-state index contributed by atoms with van der Waals surface area (Å²) in [5, 5.41) is 26.2. The molecule has 7 rings (SSSR count). The zero-order valence-electron chi connectivity index (χ0n) is 26.0. The molecular weight excluding hydrogens is 570 g/mol. The maximum absolute atomic E-state index is 13.4. The Hall–Kier alpha value is -4.63. The number of likely N-dealkylation sites (tertiary alicyclic amines) is 1. The number of carbonyl (C=O) groups is 3. The monoisotopic (exact) mass is 607 g/mol. The van der Waals surface area contributed by atoms with Gasteiger partial charge in [-0.05, 0) is 95.0 Å². The van der Waals surface area contributed by atoms with Crippen molar-refractivity contribution in [3.05, 3.63) is 75.6 Å². The SMILES string of the molecule is CN(C)C(=O)c1ccc2c(c1)CCc1cc(C(=O)N(C)C)ccc1C21C[C@H](NCC(=O)N2[C@H](C#N)C[C@@H]3C[C@@H]32)Cn2nnnc21. The summed E-state index contributed by atoms with van der Waals surface area (Å²) in [6.07, 6.45) is 3.65. The molecule has 12 heteroatoms. The summed E-state index contributed by atoms with van der Waals surface area (Å²) in [5.74, 6) is 0.944. The number of nitrogens with zero attached hydrogens (tertiary/aromatic N) is 8. The van der Waals surface area contributed by atoms with Crippen molar-refractivity contribution in [2.75, 3.05) is 34.7 Å². The summed E-state index contributed by atoms with van der Waals surface area (Å²) >= 11 is 0. The maximum atomic E-state index is 13.4. The first-order valence-corrected chi connectivity index (χ1v) is 15.5. The topological polar surface area (TPSA) is 140 Å². The molecule has 4 atom stereocenters. The van der Waals surface area contributed by atoms with E-state index < -0.39 is 5.41 Å². The van der Waals surface area contributed by atoms with Crippen LogP contribution >= 0.6 is 0 Å². The molecule has 2 fully saturated rings. The first kappa shape index (κ1) is 29.1. The molecule has 12 nitrogen and oxygen atoms in total. The second-order valence-electron chi connectivity index (χ2n) is 13.3. The minimum absolute atomic E-state index is 0.0524. The second kappa shape index (κ2) is 10.8. The van der Waals surface area contributed by atoms with E-state index in [1.807, 2.05) is 41.1 Å². The highest BCUT2D eigenvalue weighted by Gasteiger charge is 2.54. The molecule has 1 N–H and O–H groups in total.